The summed E-state index contributed by atoms with van der Waals surface area (Å²) in [4.78, 5) is 3.66. The van der Waals surface area contributed by atoms with Gasteiger partial charge in [-0.05, 0) is 68.1 Å². The molecule has 3 aromatic rings. The molecule has 2 N–H and O–H groups in total. The number of hydrogen-bond acceptors (Lipinski definition) is 7. The van der Waals surface area contributed by atoms with Crippen molar-refractivity contribution >= 4 is 25.7 Å². The first-order valence-electron chi connectivity index (χ1n) is 8.86. The summed E-state index contributed by atoms with van der Waals surface area (Å²) >= 11 is 0. The second-order valence-corrected chi connectivity index (χ2v) is 9.90. The fourth-order valence-electron chi connectivity index (χ4n) is 2.61. The molecule has 0 bridgehead atoms. The van der Waals surface area contributed by atoms with E-state index in [0.29, 0.717) is 11.3 Å². The van der Waals surface area contributed by atoms with Crippen LogP contribution in [0.25, 0.3) is 0 Å². The number of anilines is 1. The summed E-state index contributed by atoms with van der Waals surface area (Å²) in [5.74, 6) is 0.512. The van der Waals surface area contributed by atoms with Gasteiger partial charge in [0.05, 0.1) is 15.5 Å². The third-order valence-electron chi connectivity index (χ3n) is 4.24. The third-order valence-corrected chi connectivity index (χ3v) is 7.02. The van der Waals surface area contributed by atoms with Gasteiger partial charge >= 0.3 is 0 Å². The highest BCUT2D eigenvalue weighted by molar-refractivity contribution is 7.93. The van der Waals surface area contributed by atoms with Gasteiger partial charge in [0.1, 0.15) is 17.4 Å². The van der Waals surface area contributed by atoms with E-state index in [1.165, 1.54) is 43.6 Å². The van der Waals surface area contributed by atoms with Crippen LogP contribution >= 0.6 is 0 Å². The summed E-state index contributed by atoms with van der Waals surface area (Å²) in [7, 11) is -6.60. The van der Waals surface area contributed by atoms with Crippen molar-refractivity contribution in [2.75, 3.05) is 11.8 Å². The number of hydrogen-bond donors (Lipinski definition) is 2. The maximum absolute atomic E-state index is 12.8. The van der Waals surface area contributed by atoms with Crippen LogP contribution in [0.5, 0.6) is 11.6 Å². The Labute approximate surface area is 180 Å². The fraction of sp³-hybridized carbons (Fsp3) is 0.100. The summed E-state index contributed by atoms with van der Waals surface area (Å²) in [5, 5.41) is 9.13. The maximum Gasteiger partial charge on any atom is 0.261 e. The second kappa shape index (κ2) is 8.73. The fourth-order valence-corrected chi connectivity index (χ4v) is 4.64. The van der Waals surface area contributed by atoms with Gasteiger partial charge in [-0.15, -0.1) is 0 Å². The highest BCUT2D eigenvalue weighted by atomic mass is 32.2. The van der Waals surface area contributed by atoms with Gasteiger partial charge in [-0.3, -0.25) is 4.72 Å². The van der Waals surface area contributed by atoms with Crippen LogP contribution in [0.4, 0.5) is 5.69 Å². The Morgan fingerprint density at radius 1 is 0.968 bits per heavy atom. The summed E-state index contributed by atoms with van der Waals surface area (Å²) in [5.41, 5.74) is 1.10. The van der Waals surface area contributed by atoms with E-state index in [1.807, 2.05) is 6.07 Å². The Kier molecular flexibility index (Phi) is 6.26. The van der Waals surface area contributed by atoms with Crippen LogP contribution in [0.3, 0.4) is 0 Å². The molecule has 160 valence electrons. The largest absolute Gasteiger partial charge is 0.438 e. The molecule has 0 atom stereocenters. The Morgan fingerprint density at radius 3 is 2.32 bits per heavy atom. The summed E-state index contributed by atoms with van der Waals surface area (Å²) in [6, 6.07) is 14.8. The molecule has 0 aliphatic heterocycles. The summed E-state index contributed by atoms with van der Waals surface area (Å²) < 4.78 is 59.7. The minimum atomic E-state index is -4.05. The van der Waals surface area contributed by atoms with E-state index >= 15 is 0 Å². The molecule has 0 spiro atoms. The molecule has 9 nitrogen and oxygen atoms in total. The molecule has 0 radical (unpaired) electrons. The zero-order valence-corrected chi connectivity index (χ0v) is 18.2. The topological polar surface area (TPSA) is 138 Å². The number of aryl methyl sites for hydroxylation is 1. The number of nitrogens with zero attached hydrogens (tertiary/aromatic N) is 2. The standard InChI is InChI=1S/C20H18N4O5S2/c1-14-11-16(29-20-15(13-21)5-4-10-23-20)8-9-19(14)24-31(27,28)18-7-3-6-17(12-18)30(25,26)22-2/h3-12,22,24H,1-2H3. The first kappa shape index (κ1) is 22.2. The van der Waals surface area contributed by atoms with Gasteiger partial charge in [-0.1, -0.05) is 6.07 Å². The lowest BCUT2D eigenvalue weighted by atomic mass is 10.2. The minimum Gasteiger partial charge on any atom is -0.438 e. The number of aromatic nitrogens is 1. The molecule has 1 heterocycles. The van der Waals surface area contributed by atoms with E-state index in [4.69, 9.17) is 10.00 Å². The van der Waals surface area contributed by atoms with E-state index in [-0.39, 0.29) is 26.9 Å². The van der Waals surface area contributed by atoms with Gasteiger partial charge in [0.15, 0.2) is 0 Å². The molecule has 0 aliphatic carbocycles. The first-order valence-corrected chi connectivity index (χ1v) is 11.8. The van der Waals surface area contributed by atoms with Crippen LogP contribution in [0.1, 0.15) is 11.1 Å². The molecule has 0 amide bonds. The Balaban J connectivity index is 1.86. The molecular weight excluding hydrogens is 440 g/mol. The Bertz CT molecular complexity index is 1380. The van der Waals surface area contributed by atoms with E-state index < -0.39 is 20.0 Å². The molecule has 0 saturated heterocycles. The van der Waals surface area contributed by atoms with Crippen LogP contribution in [-0.2, 0) is 20.0 Å². The highest BCUT2D eigenvalue weighted by Gasteiger charge is 2.19. The quantitative estimate of drug-likeness (QED) is 0.555. The average molecular weight is 459 g/mol. The van der Waals surface area contributed by atoms with Crippen LogP contribution in [0.2, 0.25) is 0 Å². The summed E-state index contributed by atoms with van der Waals surface area (Å²) in [6.45, 7) is 1.68. The smallest absolute Gasteiger partial charge is 0.261 e. The van der Waals surface area contributed by atoms with Crippen molar-refractivity contribution in [1.29, 1.82) is 5.26 Å². The second-order valence-electron chi connectivity index (χ2n) is 6.33. The number of benzene rings is 2. The van der Waals surface area contributed by atoms with Crippen molar-refractivity contribution in [3.63, 3.8) is 0 Å². The van der Waals surface area contributed by atoms with Crippen molar-refractivity contribution in [1.82, 2.24) is 9.71 Å². The Hall–Kier alpha value is -3.46. The van der Waals surface area contributed by atoms with Gasteiger partial charge in [0.25, 0.3) is 10.0 Å². The van der Waals surface area contributed by atoms with Gasteiger partial charge in [0.2, 0.25) is 15.9 Å². The van der Waals surface area contributed by atoms with Gasteiger partial charge in [-0.25, -0.2) is 26.5 Å². The number of nitriles is 1. The Morgan fingerprint density at radius 2 is 1.68 bits per heavy atom. The summed E-state index contributed by atoms with van der Waals surface area (Å²) in [6.07, 6.45) is 1.49. The van der Waals surface area contributed by atoms with E-state index in [2.05, 4.69) is 14.4 Å². The van der Waals surface area contributed by atoms with Crippen molar-refractivity contribution in [3.05, 3.63) is 71.9 Å². The lowest BCUT2D eigenvalue weighted by Crippen LogP contribution is -2.20. The SMILES string of the molecule is CNS(=O)(=O)c1cccc(S(=O)(=O)Nc2ccc(Oc3ncccc3C#N)cc2C)c1. The molecule has 0 aliphatic rings. The van der Waals surface area contributed by atoms with Crippen LogP contribution in [0, 0.1) is 18.3 Å². The van der Waals surface area contributed by atoms with Crippen molar-refractivity contribution in [2.24, 2.45) is 0 Å². The number of sulfonamides is 2. The monoisotopic (exact) mass is 458 g/mol. The van der Waals surface area contributed by atoms with E-state index in [0.717, 1.165) is 6.07 Å². The maximum atomic E-state index is 12.8. The predicted molar refractivity (Wildman–Crippen MR) is 114 cm³/mol. The van der Waals surface area contributed by atoms with Crippen molar-refractivity contribution < 1.29 is 21.6 Å². The van der Waals surface area contributed by atoms with Gasteiger partial charge in [-0.2, -0.15) is 5.26 Å². The zero-order chi connectivity index (χ0) is 22.6. The number of rotatable bonds is 7. The number of nitrogens with one attached hydrogen (secondary N) is 2. The van der Waals surface area contributed by atoms with Crippen molar-refractivity contribution in [3.8, 4) is 17.7 Å². The first-order chi connectivity index (χ1) is 14.7. The zero-order valence-electron chi connectivity index (χ0n) is 16.5. The van der Waals surface area contributed by atoms with Crippen LogP contribution in [0.15, 0.2) is 70.6 Å². The van der Waals surface area contributed by atoms with Gasteiger partial charge < -0.3 is 4.74 Å². The van der Waals surface area contributed by atoms with Crippen LogP contribution in [-0.4, -0.2) is 28.9 Å². The lowest BCUT2D eigenvalue weighted by molar-refractivity contribution is 0.461. The lowest BCUT2D eigenvalue weighted by Gasteiger charge is -2.13. The van der Waals surface area contributed by atoms with E-state index in [9.17, 15) is 16.8 Å². The third kappa shape index (κ3) is 5.00. The number of pyridine rings is 1. The molecule has 0 fully saturated rings. The highest BCUT2D eigenvalue weighted by Crippen LogP contribution is 2.28. The van der Waals surface area contributed by atoms with Crippen molar-refractivity contribution in [2.45, 2.75) is 16.7 Å². The normalized spacial score (nSPS) is 11.5. The molecule has 1 aromatic heterocycles. The minimum absolute atomic E-state index is 0.139. The van der Waals surface area contributed by atoms with Gasteiger partial charge in [0, 0.05) is 6.20 Å². The molecule has 3 rings (SSSR count). The molecule has 2 aromatic carbocycles. The molecule has 0 unspecified atom stereocenters. The average Bonchev–Trinajstić information content (AvgIpc) is 2.76. The predicted octanol–water partition coefficient (Wildman–Crippen LogP) is 2.76. The molecule has 11 heteroatoms. The van der Waals surface area contributed by atoms with Crippen LogP contribution < -0.4 is 14.2 Å². The molecule has 0 saturated carbocycles. The number of ether oxygens (including phenoxy) is 1. The molecular formula is C20H18N4O5S2. The van der Waals surface area contributed by atoms with E-state index in [1.54, 1.807) is 25.1 Å². The molecule has 31 heavy (non-hydrogen) atoms.